The fourth-order valence-electron chi connectivity index (χ4n) is 2.89. The van der Waals surface area contributed by atoms with Crippen LogP contribution in [0.1, 0.15) is 26.2 Å². The van der Waals surface area contributed by atoms with Crippen molar-refractivity contribution in [1.29, 1.82) is 0 Å². The number of rotatable bonds is 8. The van der Waals surface area contributed by atoms with E-state index in [4.69, 9.17) is 4.74 Å². The van der Waals surface area contributed by atoms with Gasteiger partial charge in [-0.05, 0) is 31.4 Å². The van der Waals surface area contributed by atoms with Crippen LogP contribution < -0.4 is 10.1 Å². The van der Waals surface area contributed by atoms with Crippen LogP contribution in [0.5, 0.6) is 5.75 Å². The first-order valence-corrected chi connectivity index (χ1v) is 8.29. The molecule has 0 saturated heterocycles. The Balaban J connectivity index is 1.81. The number of nitrogens with one attached hydrogen (secondary N) is 1. The Labute approximate surface area is 137 Å². The highest BCUT2D eigenvalue weighted by atomic mass is 16.5. The molecule has 124 valence electrons. The quantitative estimate of drug-likeness (QED) is 0.785. The Morgan fingerprint density at radius 3 is 2.91 bits per heavy atom. The van der Waals surface area contributed by atoms with Gasteiger partial charge in [0.25, 0.3) is 0 Å². The Kier molecular flexibility index (Phi) is 4.86. The maximum atomic E-state index is 9.29. The van der Waals surface area contributed by atoms with E-state index in [9.17, 15) is 5.11 Å². The minimum atomic E-state index is 0.0743. The zero-order chi connectivity index (χ0) is 16.2. The molecule has 1 fully saturated rings. The van der Waals surface area contributed by atoms with E-state index in [1.807, 2.05) is 35.0 Å². The summed E-state index contributed by atoms with van der Waals surface area (Å²) in [5.41, 5.74) is 1.90. The summed E-state index contributed by atoms with van der Waals surface area (Å²) in [6.45, 7) is 2.77. The monoisotopic (exact) mass is 315 g/mol. The molecule has 1 unspecified atom stereocenters. The van der Waals surface area contributed by atoms with Crippen molar-refractivity contribution in [3.63, 3.8) is 0 Å². The lowest BCUT2D eigenvalue weighted by Crippen LogP contribution is -2.19. The molecule has 2 N–H and O–H groups in total. The van der Waals surface area contributed by atoms with E-state index >= 15 is 0 Å². The summed E-state index contributed by atoms with van der Waals surface area (Å²) in [7, 11) is 1.66. The lowest BCUT2D eigenvalue weighted by atomic mass is 10.1. The van der Waals surface area contributed by atoms with Gasteiger partial charge in [-0.1, -0.05) is 25.0 Å². The summed E-state index contributed by atoms with van der Waals surface area (Å²) in [5.74, 6) is 2.66. The highest BCUT2D eigenvalue weighted by Crippen LogP contribution is 2.34. The van der Waals surface area contributed by atoms with Gasteiger partial charge in [0.05, 0.1) is 26.0 Å². The third kappa shape index (κ3) is 4.05. The molecule has 1 heterocycles. The number of ether oxygens (including phenoxy) is 1. The Hall–Kier alpha value is -2.01. The predicted octanol–water partition coefficient (Wildman–Crippen LogP) is 3.15. The largest absolute Gasteiger partial charge is 0.497 e. The molecular formula is C18H25N3O2. The van der Waals surface area contributed by atoms with Crippen LogP contribution in [0.3, 0.4) is 0 Å². The first kappa shape index (κ1) is 15.9. The van der Waals surface area contributed by atoms with E-state index in [0.29, 0.717) is 12.6 Å². The second kappa shape index (κ2) is 7.04. The van der Waals surface area contributed by atoms with Gasteiger partial charge in [-0.15, -0.1) is 0 Å². The molecule has 1 aliphatic rings. The molecule has 0 aliphatic heterocycles. The maximum Gasteiger partial charge on any atom is 0.125 e. The molecule has 0 bridgehead atoms. The number of benzene rings is 1. The summed E-state index contributed by atoms with van der Waals surface area (Å²) >= 11 is 0. The molecule has 0 radical (unpaired) electrons. The Morgan fingerprint density at radius 2 is 2.22 bits per heavy atom. The highest BCUT2D eigenvalue weighted by molar-refractivity contribution is 5.64. The summed E-state index contributed by atoms with van der Waals surface area (Å²) < 4.78 is 7.13. The van der Waals surface area contributed by atoms with Crippen molar-refractivity contribution < 1.29 is 9.84 Å². The number of hydrogen-bond acceptors (Lipinski definition) is 4. The molecule has 2 aromatic rings. The van der Waals surface area contributed by atoms with Gasteiger partial charge < -0.3 is 15.2 Å². The van der Waals surface area contributed by atoms with Crippen LogP contribution >= 0.6 is 0 Å². The van der Waals surface area contributed by atoms with E-state index in [1.54, 1.807) is 7.11 Å². The number of methoxy groups -OCH3 is 1. The van der Waals surface area contributed by atoms with Gasteiger partial charge in [-0.2, -0.15) is 5.10 Å². The number of aromatic nitrogens is 2. The van der Waals surface area contributed by atoms with E-state index in [2.05, 4.69) is 17.3 Å². The van der Waals surface area contributed by atoms with Gasteiger partial charge >= 0.3 is 0 Å². The highest BCUT2D eigenvalue weighted by Gasteiger charge is 2.24. The van der Waals surface area contributed by atoms with Crippen molar-refractivity contribution in [2.24, 2.45) is 5.92 Å². The SMILES string of the molecule is COc1cccc(-c2cc(NC(C)CC3CC3)n(CCO)n2)c1. The molecule has 1 aliphatic carbocycles. The lowest BCUT2D eigenvalue weighted by Gasteiger charge is -2.15. The minimum absolute atomic E-state index is 0.0743. The van der Waals surface area contributed by atoms with Crippen LogP contribution in [0.25, 0.3) is 11.3 Å². The topological polar surface area (TPSA) is 59.3 Å². The molecule has 1 atom stereocenters. The molecule has 0 amide bonds. The Bertz CT molecular complexity index is 649. The fourth-order valence-corrected chi connectivity index (χ4v) is 2.89. The first-order chi connectivity index (χ1) is 11.2. The molecule has 5 nitrogen and oxygen atoms in total. The van der Waals surface area contributed by atoms with Gasteiger partial charge in [0.2, 0.25) is 0 Å². The van der Waals surface area contributed by atoms with Gasteiger partial charge in [0, 0.05) is 17.7 Å². The van der Waals surface area contributed by atoms with E-state index in [1.165, 1.54) is 19.3 Å². The molecule has 23 heavy (non-hydrogen) atoms. The minimum Gasteiger partial charge on any atom is -0.497 e. The molecule has 1 aromatic carbocycles. The lowest BCUT2D eigenvalue weighted by molar-refractivity contribution is 0.270. The standard InChI is InChI=1S/C18H25N3O2/c1-13(10-14-6-7-14)19-18-12-17(20-21(18)8-9-22)15-4-3-5-16(11-15)23-2/h3-5,11-14,19,22H,6-10H2,1-2H3. The number of aliphatic hydroxyl groups is 1. The molecule has 3 rings (SSSR count). The molecule has 0 spiro atoms. The molecular weight excluding hydrogens is 290 g/mol. The van der Waals surface area contributed by atoms with Crippen molar-refractivity contribution in [3.8, 4) is 17.0 Å². The second-order valence-corrected chi connectivity index (χ2v) is 6.32. The average molecular weight is 315 g/mol. The van der Waals surface area contributed by atoms with Gasteiger partial charge in [0.1, 0.15) is 11.6 Å². The zero-order valence-corrected chi connectivity index (χ0v) is 13.8. The molecule has 1 aromatic heterocycles. The van der Waals surface area contributed by atoms with Crippen molar-refractivity contribution >= 4 is 5.82 Å². The van der Waals surface area contributed by atoms with E-state index in [0.717, 1.165) is 28.7 Å². The smallest absolute Gasteiger partial charge is 0.125 e. The van der Waals surface area contributed by atoms with Crippen LogP contribution in [0.15, 0.2) is 30.3 Å². The summed E-state index contributed by atoms with van der Waals surface area (Å²) in [5, 5.41) is 17.5. The summed E-state index contributed by atoms with van der Waals surface area (Å²) in [4.78, 5) is 0. The van der Waals surface area contributed by atoms with Crippen molar-refractivity contribution in [2.45, 2.75) is 38.8 Å². The van der Waals surface area contributed by atoms with Crippen molar-refractivity contribution in [3.05, 3.63) is 30.3 Å². The number of hydrogen-bond donors (Lipinski definition) is 2. The van der Waals surface area contributed by atoms with E-state index < -0.39 is 0 Å². The van der Waals surface area contributed by atoms with Gasteiger partial charge in [-0.3, -0.25) is 0 Å². The third-order valence-electron chi connectivity index (χ3n) is 4.24. The number of nitrogens with zero attached hydrogens (tertiary/aromatic N) is 2. The van der Waals surface area contributed by atoms with Gasteiger partial charge in [0.15, 0.2) is 0 Å². The fraction of sp³-hybridized carbons (Fsp3) is 0.500. The van der Waals surface area contributed by atoms with E-state index in [-0.39, 0.29) is 6.61 Å². The van der Waals surface area contributed by atoms with Crippen LogP contribution in [0.2, 0.25) is 0 Å². The van der Waals surface area contributed by atoms with Gasteiger partial charge in [-0.25, -0.2) is 4.68 Å². The number of anilines is 1. The van der Waals surface area contributed by atoms with Crippen molar-refractivity contribution in [1.82, 2.24) is 9.78 Å². The Morgan fingerprint density at radius 1 is 1.39 bits per heavy atom. The summed E-state index contributed by atoms with van der Waals surface area (Å²) in [6, 6.07) is 10.3. The average Bonchev–Trinajstić information content (AvgIpc) is 3.28. The van der Waals surface area contributed by atoms with Crippen LogP contribution in [-0.2, 0) is 6.54 Å². The second-order valence-electron chi connectivity index (χ2n) is 6.32. The van der Waals surface area contributed by atoms with Crippen LogP contribution in [0, 0.1) is 5.92 Å². The third-order valence-corrected chi connectivity index (χ3v) is 4.24. The first-order valence-electron chi connectivity index (χ1n) is 8.29. The van der Waals surface area contributed by atoms with Crippen LogP contribution in [-0.4, -0.2) is 34.6 Å². The zero-order valence-electron chi connectivity index (χ0n) is 13.8. The summed E-state index contributed by atoms with van der Waals surface area (Å²) in [6.07, 6.45) is 3.91. The maximum absolute atomic E-state index is 9.29. The number of aliphatic hydroxyl groups excluding tert-OH is 1. The molecule has 1 saturated carbocycles. The normalized spacial score (nSPS) is 15.4. The molecule has 5 heteroatoms. The van der Waals surface area contributed by atoms with Crippen LogP contribution in [0.4, 0.5) is 5.82 Å². The predicted molar refractivity (Wildman–Crippen MR) is 91.7 cm³/mol. The van der Waals surface area contributed by atoms with Crippen molar-refractivity contribution in [2.75, 3.05) is 19.0 Å².